The zero-order valence-corrected chi connectivity index (χ0v) is 19.7. The van der Waals surface area contributed by atoms with Gasteiger partial charge >= 0.3 is 0 Å². The number of nitrogens with zero attached hydrogens (tertiary/aromatic N) is 2. The molecule has 2 amide bonds. The first kappa shape index (κ1) is 23.1. The summed E-state index contributed by atoms with van der Waals surface area (Å²) in [5.41, 5.74) is 1.35. The molecule has 0 unspecified atom stereocenters. The summed E-state index contributed by atoms with van der Waals surface area (Å²) in [6, 6.07) is 16.3. The monoisotopic (exact) mass is 484 g/mol. The van der Waals surface area contributed by atoms with Crippen LogP contribution >= 0.6 is 11.3 Å². The third-order valence-corrected chi connectivity index (χ3v) is 8.12. The van der Waals surface area contributed by atoms with Crippen molar-refractivity contribution in [2.45, 2.75) is 4.90 Å². The van der Waals surface area contributed by atoms with E-state index < -0.39 is 10.0 Å². The van der Waals surface area contributed by atoms with Crippen LogP contribution in [0.2, 0.25) is 0 Å². The molecule has 1 aliphatic rings. The molecule has 0 aliphatic carbocycles. The maximum Gasteiger partial charge on any atom is 0.265 e. The van der Waals surface area contributed by atoms with Crippen molar-refractivity contribution in [3.05, 3.63) is 76.5 Å². The van der Waals surface area contributed by atoms with Crippen molar-refractivity contribution >= 4 is 44.5 Å². The lowest BCUT2D eigenvalue weighted by atomic mass is 10.1. The van der Waals surface area contributed by atoms with Crippen molar-refractivity contribution in [3.63, 3.8) is 0 Å². The summed E-state index contributed by atoms with van der Waals surface area (Å²) < 4.78 is 27.2. The largest absolute Gasteiger partial charge is 0.322 e. The summed E-state index contributed by atoms with van der Waals surface area (Å²) in [6.07, 6.45) is 0. The topological polar surface area (TPSA) is 98.8 Å². The lowest BCUT2D eigenvalue weighted by Crippen LogP contribution is -2.46. The zero-order valence-electron chi connectivity index (χ0n) is 18.0. The second-order valence-corrected chi connectivity index (χ2v) is 10.6. The molecule has 1 aromatic heterocycles. The van der Waals surface area contributed by atoms with Gasteiger partial charge in [0.25, 0.3) is 11.8 Å². The van der Waals surface area contributed by atoms with Crippen molar-refractivity contribution in [3.8, 4) is 0 Å². The quantitative estimate of drug-likeness (QED) is 0.560. The van der Waals surface area contributed by atoms with E-state index in [1.807, 2.05) is 12.4 Å². The Balaban J connectivity index is 1.41. The molecular weight excluding hydrogens is 460 g/mol. The predicted octanol–water partition coefficient (Wildman–Crippen LogP) is 3.19. The second kappa shape index (κ2) is 9.84. The summed E-state index contributed by atoms with van der Waals surface area (Å²) in [5.74, 6) is -0.600. The molecular formula is C23H24N4O4S2. The van der Waals surface area contributed by atoms with E-state index in [9.17, 15) is 18.0 Å². The molecule has 3 aromatic rings. The first-order valence-electron chi connectivity index (χ1n) is 10.4. The molecule has 2 heterocycles. The van der Waals surface area contributed by atoms with Gasteiger partial charge in [0, 0.05) is 43.1 Å². The Hall–Kier alpha value is -3.05. The normalized spacial score (nSPS) is 15.2. The SMILES string of the molecule is CN1CCN(S(=O)(=O)c2ccc(NC(=O)c3cccc(NC(=O)c4cccs4)c3)cc2)CC1. The van der Waals surface area contributed by atoms with E-state index in [1.165, 1.54) is 27.8 Å². The molecule has 0 saturated carbocycles. The smallest absolute Gasteiger partial charge is 0.265 e. The number of rotatable bonds is 6. The number of likely N-dealkylation sites (N-methyl/N-ethyl adjacent to an activating group) is 1. The number of hydrogen-bond acceptors (Lipinski definition) is 6. The van der Waals surface area contributed by atoms with Gasteiger partial charge in [-0.2, -0.15) is 4.31 Å². The summed E-state index contributed by atoms with van der Waals surface area (Å²) in [5, 5.41) is 7.36. The number of thiophene rings is 1. The fourth-order valence-electron chi connectivity index (χ4n) is 3.43. The molecule has 1 fully saturated rings. The van der Waals surface area contributed by atoms with Crippen LogP contribution in [0.5, 0.6) is 0 Å². The van der Waals surface area contributed by atoms with Crippen LogP contribution in [0.15, 0.2) is 70.9 Å². The van der Waals surface area contributed by atoms with E-state index in [0.717, 1.165) is 0 Å². The Morgan fingerprint density at radius 3 is 2.21 bits per heavy atom. The van der Waals surface area contributed by atoms with Crippen LogP contribution < -0.4 is 10.6 Å². The average molecular weight is 485 g/mol. The van der Waals surface area contributed by atoms with Gasteiger partial charge in [-0.1, -0.05) is 12.1 Å². The summed E-state index contributed by atoms with van der Waals surface area (Å²) >= 11 is 1.34. The highest BCUT2D eigenvalue weighted by Gasteiger charge is 2.27. The third-order valence-electron chi connectivity index (χ3n) is 5.34. The lowest BCUT2D eigenvalue weighted by molar-refractivity contribution is 0.101. The first-order valence-corrected chi connectivity index (χ1v) is 12.7. The summed E-state index contributed by atoms with van der Waals surface area (Å²) in [6.45, 7) is 2.30. The Kier molecular flexibility index (Phi) is 6.89. The van der Waals surface area contributed by atoms with Crippen molar-refractivity contribution in [1.82, 2.24) is 9.21 Å². The van der Waals surface area contributed by atoms with Crippen LogP contribution in [0.1, 0.15) is 20.0 Å². The van der Waals surface area contributed by atoms with Crippen molar-refractivity contribution < 1.29 is 18.0 Å². The van der Waals surface area contributed by atoms with Gasteiger partial charge in [0.2, 0.25) is 10.0 Å². The Bertz CT molecular complexity index is 1230. The highest BCUT2D eigenvalue weighted by atomic mass is 32.2. The van der Waals surface area contributed by atoms with Gasteiger partial charge in [-0.25, -0.2) is 8.42 Å². The Morgan fingerprint density at radius 2 is 1.55 bits per heavy atom. The van der Waals surface area contributed by atoms with Gasteiger partial charge in [0.05, 0.1) is 9.77 Å². The number of carbonyl (C=O) groups excluding carboxylic acids is 2. The van der Waals surface area contributed by atoms with Crippen molar-refractivity contribution in [2.24, 2.45) is 0 Å². The van der Waals surface area contributed by atoms with Gasteiger partial charge in [-0.15, -0.1) is 11.3 Å². The maximum atomic E-state index is 12.8. The minimum atomic E-state index is -3.56. The van der Waals surface area contributed by atoms with Crippen LogP contribution in [-0.4, -0.2) is 62.7 Å². The number of sulfonamides is 1. The molecule has 1 saturated heterocycles. The van der Waals surface area contributed by atoms with Gasteiger partial charge in [0.15, 0.2) is 0 Å². The molecule has 2 aromatic carbocycles. The molecule has 0 spiro atoms. The average Bonchev–Trinajstić information content (AvgIpc) is 3.35. The minimum Gasteiger partial charge on any atom is -0.322 e. The maximum absolute atomic E-state index is 12.8. The molecule has 4 rings (SSSR count). The van der Waals surface area contributed by atoms with Crippen LogP contribution in [-0.2, 0) is 10.0 Å². The molecule has 10 heteroatoms. The molecule has 8 nitrogen and oxygen atoms in total. The number of piperazine rings is 1. The molecule has 2 N–H and O–H groups in total. The van der Waals surface area contributed by atoms with Crippen molar-refractivity contribution in [1.29, 1.82) is 0 Å². The van der Waals surface area contributed by atoms with Gasteiger partial charge in [-0.3, -0.25) is 9.59 Å². The van der Waals surface area contributed by atoms with Crippen molar-refractivity contribution in [2.75, 3.05) is 43.9 Å². The van der Waals surface area contributed by atoms with Crippen LogP contribution in [0.3, 0.4) is 0 Å². The van der Waals surface area contributed by atoms with E-state index in [1.54, 1.807) is 48.5 Å². The molecule has 172 valence electrons. The van der Waals surface area contributed by atoms with Crippen LogP contribution in [0.25, 0.3) is 0 Å². The minimum absolute atomic E-state index is 0.198. The highest BCUT2D eigenvalue weighted by Crippen LogP contribution is 2.21. The van der Waals surface area contributed by atoms with Gasteiger partial charge in [0.1, 0.15) is 0 Å². The molecule has 0 radical (unpaired) electrons. The predicted molar refractivity (Wildman–Crippen MR) is 129 cm³/mol. The van der Waals surface area contributed by atoms with Crippen LogP contribution in [0.4, 0.5) is 11.4 Å². The van der Waals surface area contributed by atoms with E-state index >= 15 is 0 Å². The first-order chi connectivity index (χ1) is 15.8. The van der Waals surface area contributed by atoms with Crippen LogP contribution in [0, 0.1) is 0 Å². The third kappa shape index (κ3) is 5.48. The summed E-state index contributed by atoms with van der Waals surface area (Å²) in [7, 11) is -1.60. The molecule has 33 heavy (non-hydrogen) atoms. The number of amides is 2. The second-order valence-electron chi connectivity index (χ2n) is 7.70. The zero-order chi connectivity index (χ0) is 23.4. The number of hydrogen-bond donors (Lipinski definition) is 2. The highest BCUT2D eigenvalue weighted by molar-refractivity contribution is 7.89. The standard InChI is InChI=1S/C23H24N4O4S2/c1-26-11-13-27(14-12-26)33(30,31)20-9-7-18(8-10-20)24-22(28)17-4-2-5-19(16-17)25-23(29)21-6-3-15-32-21/h2-10,15-16H,11-14H2,1H3,(H,24,28)(H,25,29). The molecule has 0 atom stereocenters. The Labute approximate surface area is 196 Å². The summed E-state index contributed by atoms with van der Waals surface area (Å²) in [4.78, 5) is 27.8. The molecule has 1 aliphatic heterocycles. The number of anilines is 2. The van der Waals surface area contributed by atoms with Gasteiger partial charge < -0.3 is 15.5 Å². The number of carbonyl (C=O) groups is 2. The number of benzene rings is 2. The fraction of sp³-hybridized carbons (Fsp3) is 0.217. The van der Waals surface area contributed by atoms with E-state index in [-0.39, 0.29) is 16.7 Å². The van der Waals surface area contributed by atoms with E-state index in [0.29, 0.717) is 48.0 Å². The number of nitrogens with one attached hydrogen (secondary N) is 2. The van der Waals surface area contributed by atoms with Gasteiger partial charge in [-0.05, 0) is 61.0 Å². The lowest BCUT2D eigenvalue weighted by Gasteiger charge is -2.31. The molecule has 0 bridgehead atoms. The van der Waals surface area contributed by atoms with E-state index in [4.69, 9.17) is 0 Å². The fourth-order valence-corrected chi connectivity index (χ4v) is 5.47. The Morgan fingerprint density at radius 1 is 0.848 bits per heavy atom. The van der Waals surface area contributed by atoms with E-state index in [2.05, 4.69) is 15.5 Å².